The van der Waals surface area contributed by atoms with Gasteiger partial charge in [0.05, 0.1) is 5.56 Å². The van der Waals surface area contributed by atoms with Crippen molar-refractivity contribution in [2.45, 2.75) is 19.3 Å². The first kappa shape index (κ1) is 27.3. The molecular formula is C42H29N3O2. The highest BCUT2D eigenvalue weighted by molar-refractivity contribution is 5.89. The number of para-hydroxylation sites is 1. The molecule has 5 nitrogen and oxygen atoms in total. The van der Waals surface area contributed by atoms with Gasteiger partial charge in [0.25, 0.3) is 0 Å². The van der Waals surface area contributed by atoms with Gasteiger partial charge in [-0.3, -0.25) is 0 Å². The van der Waals surface area contributed by atoms with Crippen molar-refractivity contribution in [3.8, 4) is 79.4 Å². The Morgan fingerprint density at radius 1 is 0.404 bits per heavy atom. The predicted octanol–water partition coefficient (Wildman–Crippen LogP) is 10.7. The molecular weight excluding hydrogens is 578 g/mol. The molecule has 0 N–H and O–H groups in total. The van der Waals surface area contributed by atoms with Crippen LogP contribution in [0.2, 0.25) is 0 Å². The van der Waals surface area contributed by atoms with Crippen molar-refractivity contribution in [1.82, 2.24) is 15.0 Å². The van der Waals surface area contributed by atoms with Gasteiger partial charge < -0.3 is 9.47 Å². The molecule has 224 valence electrons. The molecule has 1 aliphatic heterocycles. The van der Waals surface area contributed by atoms with Gasteiger partial charge in [-0.2, -0.15) is 0 Å². The number of hydrogen-bond acceptors (Lipinski definition) is 5. The molecule has 0 spiro atoms. The van der Waals surface area contributed by atoms with Crippen LogP contribution in [0.4, 0.5) is 0 Å². The summed E-state index contributed by atoms with van der Waals surface area (Å²) in [5, 5.41) is 0. The van der Waals surface area contributed by atoms with Gasteiger partial charge >= 0.3 is 0 Å². The van der Waals surface area contributed by atoms with E-state index >= 15 is 0 Å². The molecule has 7 aromatic rings. The maximum Gasteiger partial charge on any atom is 0.181 e. The fraction of sp³-hybridized carbons (Fsp3) is 0.0714. The number of hydrogen-bond donors (Lipinski definition) is 0. The molecule has 2 aliphatic rings. The van der Waals surface area contributed by atoms with Crippen LogP contribution < -0.4 is 9.47 Å². The fourth-order valence-corrected chi connectivity index (χ4v) is 6.81. The molecule has 0 bridgehead atoms. The van der Waals surface area contributed by atoms with E-state index in [0.717, 1.165) is 39.1 Å². The van der Waals surface area contributed by atoms with Crippen LogP contribution in [0.25, 0.3) is 56.4 Å². The molecule has 0 radical (unpaired) electrons. The van der Waals surface area contributed by atoms with E-state index in [0.29, 0.717) is 34.7 Å². The van der Waals surface area contributed by atoms with Crippen LogP contribution in [0, 0.1) is 0 Å². The van der Waals surface area contributed by atoms with Gasteiger partial charge in [0.1, 0.15) is 0 Å². The maximum atomic E-state index is 6.89. The Hall–Kier alpha value is -6.07. The van der Waals surface area contributed by atoms with Crippen molar-refractivity contribution >= 4 is 0 Å². The summed E-state index contributed by atoms with van der Waals surface area (Å²) in [4.78, 5) is 15.0. The van der Waals surface area contributed by atoms with Crippen LogP contribution in [0.3, 0.4) is 0 Å². The zero-order chi connectivity index (χ0) is 31.5. The summed E-state index contributed by atoms with van der Waals surface area (Å²) < 4.78 is 13.4. The topological polar surface area (TPSA) is 57.1 Å². The standard InChI is InChI=1S/C42H29N3O2/c1-42(2)32-18-10-9-16-30(32)36-33(42)24-25-35-38(36)47-37-31(17-11-19-34(37)46-35)41-44-39(28-14-7-4-8-15-28)43-40(45-41)29-22-20-27(21-23-29)26-12-5-3-6-13-26/h3-25H,1-2H3. The summed E-state index contributed by atoms with van der Waals surface area (Å²) in [7, 11) is 0. The average Bonchev–Trinajstić information content (AvgIpc) is 3.37. The van der Waals surface area contributed by atoms with Crippen LogP contribution in [0.15, 0.2) is 140 Å². The average molecular weight is 608 g/mol. The third kappa shape index (κ3) is 4.43. The number of nitrogens with zero attached hydrogens (tertiary/aromatic N) is 3. The number of aromatic nitrogens is 3. The molecule has 47 heavy (non-hydrogen) atoms. The van der Waals surface area contributed by atoms with Crippen LogP contribution in [0.1, 0.15) is 25.0 Å². The third-order valence-electron chi connectivity index (χ3n) is 9.23. The highest BCUT2D eigenvalue weighted by Gasteiger charge is 2.40. The van der Waals surface area contributed by atoms with E-state index in [1.165, 1.54) is 16.7 Å². The van der Waals surface area contributed by atoms with Crippen LogP contribution in [-0.4, -0.2) is 15.0 Å². The first-order valence-corrected chi connectivity index (χ1v) is 15.8. The van der Waals surface area contributed by atoms with Crippen LogP contribution in [-0.2, 0) is 5.41 Å². The SMILES string of the molecule is CC1(C)c2ccccc2-c2c1ccc1c2Oc2c(cccc2-c2nc(-c3ccccc3)nc(-c3ccc(-c4ccccc4)cc3)n2)O1. The number of rotatable bonds is 4. The first-order valence-electron chi connectivity index (χ1n) is 15.8. The Morgan fingerprint density at radius 2 is 0.957 bits per heavy atom. The molecule has 0 saturated heterocycles. The summed E-state index contributed by atoms with van der Waals surface area (Å²) in [6.45, 7) is 4.52. The van der Waals surface area contributed by atoms with Crippen molar-refractivity contribution in [1.29, 1.82) is 0 Å². The molecule has 0 saturated carbocycles. The first-order chi connectivity index (χ1) is 23.0. The zero-order valence-electron chi connectivity index (χ0n) is 25.9. The Labute approximate surface area is 273 Å². The zero-order valence-corrected chi connectivity index (χ0v) is 25.9. The third-order valence-corrected chi connectivity index (χ3v) is 9.23. The molecule has 6 aromatic carbocycles. The predicted molar refractivity (Wildman–Crippen MR) is 186 cm³/mol. The summed E-state index contributed by atoms with van der Waals surface area (Å²) in [6.07, 6.45) is 0. The van der Waals surface area contributed by atoms with Crippen molar-refractivity contribution in [2.75, 3.05) is 0 Å². The van der Waals surface area contributed by atoms with Crippen LogP contribution >= 0.6 is 0 Å². The van der Waals surface area contributed by atoms with Gasteiger partial charge in [-0.05, 0) is 46.0 Å². The quantitative estimate of drug-likeness (QED) is 0.199. The van der Waals surface area contributed by atoms with Gasteiger partial charge in [-0.25, -0.2) is 15.0 Å². The van der Waals surface area contributed by atoms with Gasteiger partial charge in [-0.15, -0.1) is 0 Å². The lowest BCUT2D eigenvalue weighted by Crippen LogP contribution is -2.15. The number of ether oxygens (including phenoxy) is 2. The van der Waals surface area contributed by atoms with Gasteiger partial charge in [0.15, 0.2) is 40.5 Å². The Bertz CT molecular complexity index is 2310. The second-order valence-corrected chi connectivity index (χ2v) is 12.4. The molecule has 0 amide bonds. The maximum absolute atomic E-state index is 6.89. The lowest BCUT2D eigenvalue weighted by atomic mass is 9.82. The monoisotopic (exact) mass is 607 g/mol. The van der Waals surface area contributed by atoms with Crippen molar-refractivity contribution in [3.63, 3.8) is 0 Å². The summed E-state index contributed by atoms with van der Waals surface area (Å²) in [5.41, 5.74) is 9.40. The van der Waals surface area contributed by atoms with Gasteiger partial charge in [-0.1, -0.05) is 135 Å². The Kier molecular flexibility index (Phi) is 6.09. The van der Waals surface area contributed by atoms with Crippen molar-refractivity contribution < 1.29 is 9.47 Å². The van der Waals surface area contributed by atoms with Crippen molar-refractivity contribution in [2.24, 2.45) is 0 Å². The summed E-state index contributed by atoms with van der Waals surface area (Å²) >= 11 is 0. The minimum absolute atomic E-state index is 0.159. The molecule has 2 heterocycles. The van der Waals surface area contributed by atoms with Crippen LogP contribution in [0.5, 0.6) is 23.0 Å². The minimum atomic E-state index is -0.159. The highest BCUT2D eigenvalue weighted by atomic mass is 16.6. The molecule has 0 atom stereocenters. The van der Waals surface area contributed by atoms with E-state index in [4.69, 9.17) is 24.4 Å². The van der Waals surface area contributed by atoms with Crippen molar-refractivity contribution in [3.05, 3.63) is 151 Å². The fourth-order valence-electron chi connectivity index (χ4n) is 6.81. The molecule has 1 aliphatic carbocycles. The smallest absolute Gasteiger partial charge is 0.181 e. The van der Waals surface area contributed by atoms with E-state index in [-0.39, 0.29) is 5.41 Å². The van der Waals surface area contributed by atoms with E-state index in [2.05, 4.69) is 80.6 Å². The molecule has 9 rings (SSSR count). The second-order valence-electron chi connectivity index (χ2n) is 12.4. The number of fused-ring (bicyclic) bond motifs is 6. The minimum Gasteiger partial charge on any atom is -0.449 e. The van der Waals surface area contributed by atoms with E-state index in [9.17, 15) is 0 Å². The highest BCUT2D eigenvalue weighted by Crippen LogP contribution is 2.59. The molecule has 5 heteroatoms. The summed E-state index contributed by atoms with van der Waals surface area (Å²) in [6, 6.07) is 47.3. The normalized spacial score (nSPS) is 13.4. The van der Waals surface area contributed by atoms with E-state index < -0.39 is 0 Å². The lowest BCUT2D eigenvalue weighted by molar-refractivity contribution is 0.361. The van der Waals surface area contributed by atoms with E-state index in [1.54, 1.807) is 0 Å². The summed E-state index contributed by atoms with van der Waals surface area (Å²) in [5.74, 6) is 4.30. The van der Waals surface area contributed by atoms with E-state index in [1.807, 2.05) is 72.8 Å². The molecule has 0 unspecified atom stereocenters. The van der Waals surface area contributed by atoms with Gasteiger partial charge in [0.2, 0.25) is 0 Å². The Balaban J connectivity index is 1.18. The van der Waals surface area contributed by atoms with Gasteiger partial charge in [0, 0.05) is 22.1 Å². The largest absolute Gasteiger partial charge is 0.449 e. The number of benzene rings is 6. The second kappa shape index (κ2) is 10.5. The Morgan fingerprint density at radius 3 is 1.70 bits per heavy atom. The lowest BCUT2D eigenvalue weighted by Gasteiger charge is -2.26. The molecule has 0 fully saturated rings. The molecule has 1 aromatic heterocycles.